The molecule has 0 N–H and O–H groups in total. The zero-order chi connectivity index (χ0) is 7.40. The van der Waals surface area contributed by atoms with Crippen molar-refractivity contribution in [3.63, 3.8) is 0 Å². The molecule has 0 aliphatic rings. The topological polar surface area (TPSA) is 22.1 Å². The van der Waals surface area contributed by atoms with E-state index in [4.69, 9.17) is 4.74 Å². The van der Waals surface area contributed by atoms with Gasteiger partial charge < -0.3 is 4.74 Å². The van der Waals surface area contributed by atoms with Crippen LogP contribution in [0.15, 0.2) is 18.3 Å². The molecule has 0 spiro atoms. The van der Waals surface area contributed by atoms with Crippen molar-refractivity contribution in [2.24, 2.45) is 0 Å². The van der Waals surface area contributed by atoms with Gasteiger partial charge in [-0.15, -0.1) is 0 Å². The highest BCUT2D eigenvalue weighted by molar-refractivity contribution is 6.30. The molecule has 0 saturated carbocycles. The van der Waals surface area contributed by atoms with Crippen LogP contribution in [0.3, 0.4) is 0 Å². The zero-order valence-electron chi connectivity index (χ0n) is 6.29. The molecule has 1 rings (SSSR count). The highest BCUT2D eigenvalue weighted by Crippen LogP contribution is 1.94. The molecule has 1 aromatic heterocycles. The Morgan fingerprint density at radius 2 is 2.40 bits per heavy atom. The molecular formula is C7H10BNO. The zero-order valence-corrected chi connectivity index (χ0v) is 6.29. The fourth-order valence-corrected chi connectivity index (χ4v) is 0.750. The maximum Gasteiger partial charge on any atom is 0.163 e. The summed E-state index contributed by atoms with van der Waals surface area (Å²) in [4.78, 5) is 4.12. The van der Waals surface area contributed by atoms with Gasteiger partial charge in [0.2, 0.25) is 0 Å². The van der Waals surface area contributed by atoms with Gasteiger partial charge in [0.25, 0.3) is 0 Å². The number of hydrogen-bond donors (Lipinski definition) is 0. The van der Waals surface area contributed by atoms with Crippen LogP contribution in [0.5, 0.6) is 0 Å². The van der Waals surface area contributed by atoms with Crippen LogP contribution in [0.2, 0.25) is 0 Å². The van der Waals surface area contributed by atoms with Gasteiger partial charge in [0, 0.05) is 13.3 Å². The molecule has 0 aliphatic heterocycles. The van der Waals surface area contributed by atoms with Crippen LogP contribution in [-0.2, 0) is 11.3 Å². The molecule has 10 heavy (non-hydrogen) atoms. The van der Waals surface area contributed by atoms with Gasteiger partial charge in [-0.25, -0.2) is 0 Å². The quantitative estimate of drug-likeness (QED) is 0.509. The van der Waals surface area contributed by atoms with Gasteiger partial charge in [-0.2, -0.15) is 0 Å². The summed E-state index contributed by atoms with van der Waals surface area (Å²) in [6.07, 6.45) is 1.83. The maximum absolute atomic E-state index is 4.93. The van der Waals surface area contributed by atoms with Crippen molar-refractivity contribution in [1.82, 2.24) is 4.98 Å². The molecule has 0 saturated heterocycles. The fraction of sp³-hybridized carbons (Fsp3) is 0.286. The second kappa shape index (κ2) is 3.37. The number of aromatic nitrogens is 1. The molecule has 3 heteroatoms. The van der Waals surface area contributed by atoms with Crippen molar-refractivity contribution in [2.75, 3.05) is 7.11 Å². The van der Waals surface area contributed by atoms with E-state index in [1.54, 1.807) is 7.11 Å². The Hall–Kier alpha value is -0.825. The van der Waals surface area contributed by atoms with E-state index >= 15 is 0 Å². The van der Waals surface area contributed by atoms with E-state index in [2.05, 4.69) is 4.98 Å². The number of ether oxygens (including phenoxy) is 1. The summed E-state index contributed by atoms with van der Waals surface area (Å²) in [6, 6.07) is 4.00. The number of methoxy groups -OCH3 is 1. The second-order valence-electron chi connectivity index (χ2n) is 2.24. The van der Waals surface area contributed by atoms with Crippen LogP contribution in [0.4, 0.5) is 0 Å². The van der Waals surface area contributed by atoms with E-state index in [1.165, 1.54) is 0 Å². The van der Waals surface area contributed by atoms with Crippen molar-refractivity contribution in [3.8, 4) is 0 Å². The smallest absolute Gasteiger partial charge is 0.163 e. The molecule has 1 heterocycles. The van der Waals surface area contributed by atoms with Crippen LogP contribution >= 0.6 is 0 Å². The minimum atomic E-state index is 0.646. The predicted octanol–water partition coefficient (Wildman–Crippen LogP) is -0.514. The third kappa shape index (κ3) is 1.85. The van der Waals surface area contributed by atoms with Crippen molar-refractivity contribution >= 4 is 13.4 Å². The molecule has 0 radical (unpaired) electrons. The number of nitrogens with zero attached hydrogens (tertiary/aromatic N) is 1. The van der Waals surface area contributed by atoms with Crippen molar-refractivity contribution < 1.29 is 4.74 Å². The molecule has 0 aromatic carbocycles. The molecule has 52 valence electrons. The summed E-state index contributed by atoms with van der Waals surface area (Å²) >= 11 is 0. The summed E-state index contributed by atoms with van der Waals surface area (Å²) in [5, 5.41) is 0. The van der Waals surface area contributed by atoms with E-state index in [-0.39, 0.29) is 0 Å². The van der Waals surface area contributed by atoms with E-state index in [9.17, 15) is 0 Å². The molecule has 0 unspecified atom stereocenters. The molecule has 1 aromatic rings. The Morgan fingerprint density at radius 1 is 1.60 bits per heavy atom. The molecular weight excluding hydrogens is 125 g/mol. The van der Waals surface area contributed by atoms with Gasteiger partial charge in [0.05, 0.1) is 6.61 Å². The molecule has 0 amide bonds. The Balaban J connectivity index is 2.69. The molecule has 0 aliphatic carbocycles. The Kier molecular flexibility index (Phi) is 2.45. The highest BCUT2D eigenvalue weighted by atomic mass is 16.5. The van der Waals surface area contributed by atoms with Gasteiger partial charge in [0.15, 0.2) is 7.85 Å². The largest absolute Gasteiger partial charge is 0.380 e. The molecule has 0 bridgehead atoms. The maximum atomic E-state index is 4.93. The number of hydrogen-bond acceptors (Lipinski definition) is 2. The number of pyridine rings is 1. The van der Waals surface area contributed by atoms with Gasteiger partial charge in [-0.3, -0.25) is 4.98 Å². The van der Waals surface area contributed by atoms with Crippen molar-refractivity contribution in [1.29, 1.82) is 0 Å². The molecule has 2 nitrogen and oxygen atoms in total. The summed E-state index contributed by atoms with van der Waals surface area (Å²) in [7, 11) is 3.65. The summed E-state index contributed by atoms with van der Waals surface area (Å²) in [5.74, 6) is 0. The van der Waals surface area contributed by atoms with Crippen molar-refractivity contribution in [2.45, 2.75) is 6.61 Å². The first-order valence-corrected chi connectivity index (χ1v) is 3.23. The predicted molar refractivity (Wildman–Crippen MR) is 43.1 cm³/mol. The van der Waals surface area contributed by atoms with Crippen molar-refractivity contribution in [3.05, 3.63) is 23.9 Å². The Morgan fingerprint density at radius 3 is 2.90 bits per heavy atom. The monoisotopic (exact) mass is 135 g/mol. The van der Waals surface area contributed by atoms with Gasteiger partial charge in [-0.1, -0.05) is 12.1 Å². The summed E-state index contributed by atoms with van der Waals surface area (Å²) in [5.41, 5.74) is 2.16. The second-order valence-corrected chi connectivity index (χ2v) is 2.24. The van der Waals surface area contributed by atoms with Crippen LogP contribution in [0, 0.1) is 0 Å². The first-order valence-electron chi connectivity index (χ1n) is 3.23. The van der Waals surface area contributed by atoms with Crippen LogP contribution in [0.1, 0.15) is 5.56 Å². The lowest BCUT2D eigenvalue weighted by Gasteiger charge is -1.97. The fourth-order valence-electron chi connectivity index (χ4n) is 0.750. The molecule has 0 fully saturated rings. The standard InChI is InChI=1S/C7H10BNO/c1-10-5-6-2-3-7(8)9-4-6/h2-4H,5,8H2,1H3. The average molecular weight is 135 g/mol. The summed E-state index contributed by atoms with van der Waals surface area (Å²) in [6.45, 7) is 0.646. The van der Waals surface area contributed by atoms with E-state index in [0.29, 0.717) is 6.61 Å². The Labute approximate surface area is 61.6 Å². The lowest BCUT2D eigenvalue weighted by Crippen LogP contribution is -2.06. The lowest BCUT2D eigenvalue weighted by molar-refractivity contribution is 0.184. The highest BCUT2D eigenvalue weighted by Gasteiger charge is 1.89. The number of rotatable bonds is 2. The van der Waals surface area contributed by atoms with Gasteiger partial charge >= 0.3 is 0 Å². The lowest BCUT2D eigenvalue weighted by atomic mass is 10.0. The normalized spacial score (nSPS) is 9.70. The first-order chi connectivity index (χ1) is 4.83. The van der Waals surface area contributed by atoms with Crippen LogP contribution in [0.25, 0.3) is 0 Å². The first kappa shape index (κ1) is 7.28. The van der Waals surface area contributed by atoms with Gasteiger partial charge in [-0.05, 0) is 11.2 Å². The summed E-state index contributed by atoms with van der Waals surface area (Å²) < 4.78 is 4.93. The molecule has 0 atom stereocenters. The Bertz CT molecular complexity index is 197. The third-order valence-electron chi connectivity index (χ3n) is 1.28. The van der Waals surface area contributed by atoms with Crippen LogP contribution in [-0.4, -0.2) is 19.9 Å². The van der Waals surface area contributed by atoms with E-state index in [1.807, 2.05) is 26.2 Å². The SMILES string of the molecule is Bc1ccc(COC)cn1. The average Bonchev–Trinajstić information content (AvgIpc) is 1.95. The van der Waals surface area contributed by atoms with E-state index < -0.39 is 0 Å². The third-order valence-corrected chi connectivity index (χ3v) is 1.28. The van der Waals surface area contributed by atoms with Crippen LogP contribution < -0.4 is 5.59 Å². The minimum Gasteiger partial charge on any atom is -0.380 e. The minimum absolute atomic E-state index is 0.646. The van der Waals surface area contributed by atoms with Gasteiger partial charge in [0.1, 0.15) is 0 Å². The van der Waals surface area contributed by atoms with E-state index in [0.717, 1.165) is 11.2 Å².